The van der Waals surface area contributed by atoms with E-state index in [1.165, 1.54) is 0 Å². The van der Waals surface area contributed by atoms with Gasteiger partial charge in [-0.05, 0) is 27.2 Å². The fourth-order valence-electron chi connectivity index (χ4n) is 0.993. The summed E-state index contributed by atoms with van der Waals surface area (Å²) in [6.07, 6.45) is 0.770. The molecule has 0 aliphatic rings. The topological polar surface area (TPSA) is 29.5 Å². The van der Waals surface area contributed by atoms with Crippen molar-refractivity contribution in [3.05, 3.63) is 0 Å². The molecule has 0 radical (unpaired) electrons. The molecule has 0 aromatic heterocycles. The Morgan fingerprint density at radius 3 is 2.29 bits per heavy atom. The lowest BCUT2D eigenvalue weighted by atomic mass is 10.2. The van der Waals surface area contributed by atoms with Gasteiger partial charge in [-0.15, -0.1) is 0 Å². The lowest BCUT2D eigenvalue weighted by molar-refractivity contribution is 0.0263. The molecule has 0 aromatic carbocycles. The molecule has 3 nitrogen and oxygen atoms in total. The summed E-state index contributed by atoms with van der Waals surface area (Å²) in [6.45, 7) is 9.27. The van der Waals surface area contributed by atoms with Gasteiger partial charge in [-0.3, -0.25) is 0 Å². The van der Waals surface area contributed by atoms with Gasteiger partial charge in [0, 0.05) is 17.5 Å². The van der Waals surface area contributed by atoms with Crippen LogP contribution in [-0.2, 0) is 4.74 Å². The zero-order valence-corrected chi connectivity index (χ0v) is 11.6. The van der Waals surface area contributed by atoms with Gasteiger partial charge in [0.15, 0.2) is 0 Å². The Balaban J connectivity index is 4.14. The fourth-order valence-corrected chi connectivity index (χ4v) is 1.58. The number of hydrogen-bond acceptors (Lipinski definition) is 2. The molecule has 0 aliphatic carbocycles. The Morgan fingerprint density at radius 1 is 1.36 bits per heavy atom. The first kappa shape index (κ1) is 14.0. The van der Waals surface area contributed by atoms with Crippen LogP contribution < -0.4 is 0 Å². The quantitative estimate of drug-likeness (QED) is 0.590. The van der Waals surface area contributed by atoms with Crippen molar-refractivity contribution in [1.82, 2.24) is 4.90 Å². The third-order valence-electron chi connectivity index (χ3n) is 1.50. The van der Waals surface area contributed by atoms with Crippen LogP contribution in [0.25, 0.3) is 0 Å². The zero-order chi connectivity index (χ0) is 11.2. The van der Waals surface area contributed by atoms with Crippen LogP contribution in [0.4, 0.5) is 4.79 Å². The molecule has 84 valence electrons. The second-order valence-corrected chi connectivity index (χ2v) is 5.24. The molecule has 0 atom stereocenters. The molecule has 0 N–H and O–H groups in total. The summed E-state index contributed by atoms with van der Waals surface area (Å²) >= 11 is 2.26. The van der Waals surface area contributed by atoms with Crippen LogP contribution in [0.2, 0.25) is 0 Å². The summed E-state index contributed by atoms with van der Waals surface area (Å²) in [6, 6.07) is 0. The van der Waals surface area contributed by atoms with Crippen LogP contribution in [-0.4, -0.2) is 34.1 Å². The molecular formula is C10H20INO2. The van der Waals surface area contributed by atoms with E-state index in [-0.39, 0.29) is 6.09 Å². The van der Waals surface area contributed by atoms with Crippen molar-refractivity contribution in [1.29, 1.82) is 0 Å². The van der Waals surface area contributed by atoms with E-state index in [9.17, 15) is 4.79 Å². The molecule has 0 spiro atoms. The van der Waals surface area contributed by atoms with E-state index < -0.39 is 5.60 Å². The molecule has 0 bridgehead atoms. The third-order valence-corrected chi connectivity index (χ3v) is 1.98. The Bertz CT molecular complexity index is 171. The van der Waals surface area contributed by atoms with Crippen LogP contribution >= 0.6 is 22.6 Å². The number of alkyl halides is 1. The largest absolute Gasteiger partial charge is 0.444 e. The molecular weight excluding hydrogens is 293 g/mol. The van der Waals surface area contributed by atoms with Gasteiger partial charge in [0.25, 0.3) is 0 Å². The van der Waals surface area contributed by atoms with Crippen molar-refractivity contribution in [2.24, 2.45) is 0 Å². The maximum absolute atomic E-state index is 11.6. The maximum atomic E-state index is 11.6. The standard InChI is InChI=1S/C10H20INO2/c1-5-7-12(8-6-11)9(13)14-10(2,3)4/h5-8H2,1-4H3. The minimum absolute atomic E-state index is 0.198. The van der Waals surface area contributed by atoms with Gasteiger partial charge in [0.05, 0.1) is 0 Å². The fraction of sp³-hybridized carbons (Fsp3) is 0.900. The molecule has 0 unspecified atom stereocenters. The van der Waals surface area contributed by atoms with Crippen LogP contribution in [0, 0.1) is 0 Å². The highest BCUT2D eigenvalue weighted by molar-refractivity contribution is 14.1. The normalized spacial score (nSPS) is 11.2. The highest BCUT2D eigenvalue weighted by Gasteiger charge is 2.20. The van der Waals surface area contributed by atoms with Crippen molar-refractivity contribution < 1.29 is 9.53 Å². The van der Waals surface area contributed by atoms with E-state index in [0.717, 1.165) is 23.9 Å². The Labute approximate surface area is 100 Å². The second-order valence-electron chi connectivity index (χ2n) is 4.16. The molecule has 0 saturated heterocycles. The molecule has 1 amide bonds. The maximum Gasteiger partial charge on any atom is 0.410 e. The smallest absolute Gasteiger partial charge is 0.410 e. The molecule has 0 heterocycles. The van der Waals surface area contributed by atoms with Crippen LogP contribution in [0.15, 0.2) is 0 Å². The molecule has 0 saturated carbocycles. The number of carbonyl (C=O) groups excluding carboxylic acids is 1. The predicted molar refractivity (Wildman–Crippen MR) is 67.0 cm³/mol. The number of halogens is 1. The van der Waals surface area contributed by atoms with E-state index in [0.29, 0.717) is 0 Å². The lowest BCUT2D eigenvalue weighted by Crippen LogP contribution is -2.38. The van der Waals surface area contributed by atoms with Crippen LogP contribution in [0.1, 0.15) is 34.1 Å². The summed E-state index contributed by atoms with van der Waals surface area (Å²) in [5, 5.41) is 0. The Kier molecular flexibility index (Phi) is 6.48. The molecule has 0 aromatic rings. The van der Waals surface area contributed by atoms with Gasteiger partial charge in [-0.2, -0.15) is 0 Å². The first-order valence-electron chi connectivity index (χ1n) is 4.94. The summed E-state index contributed by atoms with van der Waals surface area (Å²) in [5.74, 6) is 0. The molecule has 0 aliphatic heterocycles. The predicted octanol–water partition coefficient (Wildman–Crippen LogP) is 3.07. The first-order chi connectivity index (χ1) is 6.40. The second kappa shape index (κ2) is 6.48. The molecule has 0 rings (SSSR count). The van der Waals surface area contributed by atoms with E-state index in [4.69, 9.17) is 4.74 Å². The van der Waals surface area contributed by atoms with Crippen LogP contribution in [0.3, 0.4) is 0 Å². The Morgan fingerprint density at radius 2 is 1.93 bits per heavy atom. The monoisotopic (exact) mass is 313 g/mol. The van der Waals surface area contributed by atoms with Crippen molar-refractivity contribution >= 4 is 28.7 Å². The molecule has 0 fully saturated rings. The van der Waals surface area contributed by atoms with E-state index >= 15 is 0 Å². The summed E-state index contributed by atoms with van der Waals surface area (Å²) < 4.78 is 6.23. The number of amides is 1. The number of rotatable bonds is 4. The highest BCUT2D eigenvalue weighted by atomic mass is 127. The van der Waals surface area contributed by atoms with E-state index in [1.54, 1.807) is 4.90 Å². The SMILES string of the molecule is CCCN(CCI)C(=O)OC(C)(C)C. The molecule has 14 heavy (non-hydrogen) atoms. The van der Waals surface area contributed by atoms with Gasteiger partial charge < -0.3 is 9.64 Å². The molecule has 4 heteroatoms. The van der Waals surface area contributed by atoms with Crippen molar-refractivity contribution in [3.63, 3.8) is 0 Å². The minimum atomic E-state index is -0.394. The zero-order valence-electron chi connectivity index (χ0n) is 9.47. The number of hydrogen-bond donors (Lipinski definition) is 0. The van der Waals surface area contributed by atoms with E-state index in [1.807, 2.05) is 20.8 Å². The van der Waals surface area contributed by atoms with Gasteiger partial charge in [0.1, 0.15) is 5.60 Å². The van der Waals surface area contributed by atoms with Gasteiger partial charge in [0.2, 0.25) is 0 Å². The van der Waals surface area contributed by atoms with Gasteiger partial charge in [-0.1, -0.05) is 29.5 Å². The first-order valence-corrected chi connectivity index (χ1v) is 6.47. The van der Waals surface area contributed by atoms with Crippen molar-refractivity contribution in [2.45, 2.75) is 39.7 Å². The third kappa shape index (κ3) is 6.45. The average molecular weight is 313 g/mol. The summed E-state index contributed by atoms with van der Waals surface area (Å²) in [4.78, 5) is 13.4. The average Bonchev–Trinajstić information content (AvgIpc) is 2.01. The summed E-state index contributed by atoms with van der Waals surface area (Å²) in [7, 11) is 0. The summed E-state index contributed by atoms with van der Waals surface area (Å²) in [5.41, 5.74) is -0.394. The highest BCUT2D eigenvalue weighted by Crippen LogP contribution is 2.10. The van der Waals surface area contributed by atoms with Crippen molar-refractivity contribution in [3.8, 4) is 0 Å². The lowest BCUT2D eigenvalue weighted by Gasteiger charge is -2.26. The number of carbonyl (C=O) groups is 1. The van der Waals surface area contributed by atoms with Crippen LogP contribution in [0.5, 0.6) is 0 Å². The number of nitrogens with zero attached hydrogens (tertiary/aromatic N) is 1. The number of ether oxygens (including phenoxy) is 1. The Hall–Kier alpha value is 0. The van der Waals surface area contributed by atoms with Crippen molar-refractivity contribution in [2.75, 3.05) is 17.5 Å². The van der Waals surface area contributed by atoms with E-state index in [2.05, 4.69) is 29.5 Å². The van der Waals surface area contributed by atoms with Gasteiger partial charge >= 0.3 is 6.09 Å². The minimum Gasteiger partial charge on any atom is -0.444 e. The van der Waals surface area contributed by atoms with Gasteiger partial charge in [-0.25, -0.2) is 4.79 Å².